The third-order valence-corrected chi connectivity index (χ3v) is 2.73. The first-order valence-electron chi connectivity index (χ1n) is 5.25. The lowest BCUT2D eigenvalue weighted by atomic mass is 10.2. The van der Waals surface area contributed by atoms with Gasteiger partial charge in [0.05, 0.1) is 16.3 Å². The van der Waals surface area contributed by atoms with Crippen LogP contribution in [0.25, 0.3) is 0 Å². The van der Waals surface area contributed by atoms with Crippen LogP contribution in [0.4, 0.5) is 21.6 Å². The Morgan fingerprint density at radius 1 is 1.32 bits per heavy atom. The summed E-state index contributed by atoms with van der Waals surface area (Å²) in [5.74, 6) is -0.966. The number of carbonyl (C=O) groups is 1. The summed E-state index contributed by atoms with van der Waals surface area (Å²) < 4.78 is 13.0. The monoisotopic (exact) mass is 280 g/mol. The third-order valence-electron chi connectivity index (χ3n) is 2.44. The Kier molecular flexibility index (Phi) is 3.52. The summed E-state index contributed by atoms with van der Waals surface area (Å²) in [6.07, 6.45) is 1.37. The van der Waals surface area contributed by atoms with Gasteiger partial charge in [0, 0.05) is 11.9 Å². The fraction of sp³-hybridized carbons (Fsp3) is 0. The van der Waals surface area contributed by atoms with Crippen LogP contribution >= 0.6 is 11.6 Å². The minimum Gasteiger partial charge on any atom is -0.395 e. The first kappa shape index (κ1) is 13.1. The number of halogens is 2. The molecule has 0 saturated heterocycles. The van der Waals surface area contributed by atoms with Gasteiger partial charge in [0.15, 0.2) is 0 Å². The van der Waals surface area contributed by atoms with Gasteiger partial charge in [-0.05, 0) is 24.3 Å². The molecule has 0 bridgehead atoms. The Morgan fingerprint density at radius 3 is 2.74 bits per heavy atom. The van der Waals surface area contributed by atoms with Gasteiger partial charge in [-0.3, -0.25) is 4.79 Å². The van der Waals surface area contributed by atoms with Gasteiger partial charge in [-0.1, -0.05) is 11.6 Å². The molecule has 98 valence electrons. The van der Waals surface area contributed by atoms with E-state index in [0.717, 1.165) is 6.07 Å². The molecular formula is C12H10ClFN4O. The molecule has 0 fully saturated rings. The van der Waals surface area contributed by atoms with Gasteiger partial charge in [0.2, 0.25) is 0 Å². The zero-order valence-electron chi connectivity index (χ0n) is 9.65. The zero-order valence-corrected chi connectivity index (χ0v) is 10.4. The average Bonchev–Trinajstić information content (AvgIpc) is 2.37. The molecule has 5 N–H and O–H groups in total. The summed E-state index contributed by atoms with van der Waals surface area (Å²) >= 11 is 5.62. The predicted molar refractivity (Wildman–Crippen MR) is 72.4 cm³/mol. The summed E-state index contributed by atoms with van der Waals surface area (Å²) in [7, 11) is 0. The topological polar surface area (TPSA) is 94.0 Å². The third kappa shape index (κ3) is 2.74. The van der Waals surface area contributed by atoms with Crippen molar-refractivity contribution in [3.05, 3.63) is 46.9 Å². The van der Waals surface area contributed by atoms with E-state index in [4.69, 9.17) is 23.1 Å². The number of anilines is 3. The van der Waals surface area contributed by atoms with E-state index >= 15 is 0 Å². The number of benzene rings is 1. The highest BCUT2D eigenvalue weighted by Crippen LogP contribution is 2.22. The summed E-state index contributed by atoms with van der Waals surface area (Å²) in [5.41, 5.74) is 11.8. The molecule has 19 heavy (non-hydrogen) atoms. The molecule has 2 aromatic rings. The van der Waals surface area contributed by atoms with Crippen LogP contribution in [0.3, 0.4) is 0 Å². The molecule has 7 heteroatoms. The van der Waals surface area contributed by atoms with Crippen LogP contribution < -0.4 is 16.8 Å². The molecule has 0 aliphatic carbocycles. The number of rotatable bonds is 2. The van der Waals surface area contributed by atoms with Crippen molar-refractivity contribution in [2.24, 2.45) is 0 Å². The van der Waals surface area contributed by atoms with E-state index in [1.165, 1.54) is 24.4 Å². The van der Waals surface area contributed by atoms with E-state index in [2.05, 4.69) is 10.3 Å². The number of aromatic nitrogens is 1. The Labute approximate surface area is 113 Å². The molecule has 1 heterocycles. The minimum atomic E-state index is -0.563. The number of amides is 1. The summed E-state index contributed by atoms with van der Waals surface area (Å²) in [4.78, 5) is 15.7. The van der Waals surface area contributed by atoms with Gasteiger partial charge in [-0.25, -0.2) is 9.37 Å². The maximum Gasteiger partial charge on any atom is 0.257 e. The SMILES string of the molecule is Nc1nccc(C(=O)Nc2ccc(F)c(Cl)c2)c1N. The molecule has 0 spiro atoms. The van der Waals surface area contributed by atoms with Gasteiger partial charge < -0.3 is 16.8 Å². The van der Waals surface area contributed by atoms with Gasteiger partial charge in [-0.2, -0.15) is 0 Å². The van der Waals surface area contributed by atoms with E-state index in [1.54, 1.807) is 0 Å². The Morgan fingerprint density at radius 2 is 2.05 bits per heavy atom. The Balaban J connectivity index is 2.26. The highest BCUT2D eigenvalue weighted by atomic mass is 35.5. The number of nitrogens with two attached hydrogens (primary N) is 2. The van der Waals surface area contributed by atoms with Crippen LogP contribution in [-0.2, 0) is 0 Å². The van der Waals surface area contributed by atoms with Crippen LogP contribution in [0.15, 0.2) is 30.5 Å². The molecule has 1 aromatic heterocycles. The second kappa shape index (κ2) is 5.11. The molecule has 0 saturated carbocycles. The highest BCUT2D eigenvalue weighted by Gasteiger charge is 2.13. The van der Waals surface area contributed by atoms with Crippen LogP contribution in [0.5, 0.6) is 0 Å². The molecule has 0 unspecified atom stereocenters. The first-order valence-corrected chi connectivity index (χ1v) is 5.63. The summed E-state index contributed by atoms with van der Waals surface area (Å²) in [5, 5.41) is 2.46. The van der Waals surface area contributed by atoms with Gasteiger partial charge in [-0.15, -0.1) is 0 Å². The van der Waals surface area contributed by atoms with Crippen molar-refractivity contribution in [2.45, 2.75) is 0 Å². The van der Waals surface area contributed by atoms with Crippen molar-refractivity contribution < 1.29 is 9.18 Å². The molecule has 0 radical (unpaired) electrons. The molecule has 5 nitrogen and oxygen atoms in total. The summed E-state index contributed by atoms with van der Waals surface area (Å²) in [6, 6.07) is 5.28. The lowest BCUT2D eigenvalue weighted by Gasteiger charge is -2.09. The fourth-order valence-electron chi connectivity index (χ4n) is 1.46. The van der Waals surface area contributed by atoms with E-state index < -0.39 is 11.7 Å². The second-order valence-electron chi connectivity index (χ2n) is 3.74. The number of hydrogen-bond acceptors (Lipinski definition) is 4. The van der Waals surface area contributed by atoms with E-state index in [0.29, 0.717) is 5.69 Å². The van der Waals surface area contributed by atoms with Gasteiger partial charge >= 0.3 is 0 Å². The lowest BCUT2D eigenvalue weighted by molar-refractivity contribution is 0.102. The molecule has 2 rings (SSSR count). The number of nitrogens with zero attached hydrogens (tertiary/aromatic N) is 1. The maximum absolute atomic E-state index is 13.0. The maximum atomic E-state index is 13.0. The molecule has 0 aliphatic heterocycles. The van der Waals surface area contributed by atoms with Gasteiger partial charge in [0.1, 0.15) is 11.6 Å². The van der Waals surface area contributed by atoms with Crippen LogP contribution in [-0.4, -0.2) is 10.9 Å². The second-order valence-corrected chi connectivity index (χ2v) is 4.15. The van der Waals surface area contributed by atoms with E-state index in [9.17, 15) is 9.18 Å². The molecule has 1 aromatic carbocycles. The molecule has 0 atom stereocenters. The zero-order chi connectivity index (χ0) is 14.0. The van der Waals surface area contributed by atoms with E-state index in [1.807, 2.05) is 0 Å². The number of carbonyl (C=O) groups excluding carboxylic acids is 1. The van der Waals surface area contributed by atoms with Gasteiger partial charge in [0.25, 0.3) is 5.91 Å². The number of nitrogen functional groups attached to an aromatic ring is 2. The average molecular weight is 281 g/mol. The fourth-order valence-corrected chi connectivity index (χ4v) is 1.64. The molecular weight excluding hydrogens is 271 g/mol. The van der Waals surface area contributed by atoms with Crippen molar-refractivity contribution in [3.8, 4) is 0 Å². The summed E-state index contributed by atoms with van der Waals surface area (Å²) in [6.45, 7) is 0. The Bertz CT molecular complexity index is 648. The molecule has 1 amide bonds. The number of pyridine rings is 1. The van der Waals surface area contributed by atoms with Crippen molar-refractivity contribution in [2.75, 3.05) is 16.8 Å². The van der Waals surface area contributed by atoms with E-state index in [-0.39, 0.29) is 22.1 Å². The Hall–Kier alpha value is -2.34. The molecule has 0 aliphatic rings. The number of nitrogens with one attached hydrogen (secondary N) is 1. The minimum absolute atomic E-state index is 0.0739. The standard InChI is InChI=1S/C12H10ClFN4O/c13-8-5-6(1-2-9(8)14)18-12(19)7-3-4-17-11(16)10(7)15/h1-5H,15H2,(H2,16,17)(H,18,19). The lowest BCUT2D eigenvalue weighted by Crippen LogP contribution is -2.15. The smallest absolute Gasteiger partial charge is 0.257 e. The van der Waals surface area contributed by atoms with Crippen LogP contribution in [0.2, 0.25) is 5.02 Å². The van der Waals surface area contributed by atoms with Crippen molar-refractivity contribution in [1.29, 1.82) is 0 Å². The van der Waals surface area contributed by atoms with Crippen LogP contribution in [0.1, 0.15) is 10.4 Å². The van der Waals surface area contributed by atoms with Crippen molar-refractivity contribution in [1.82, 2.24) is 4.98 Å². The first-order chi connectivity index (χ1) is 8.99. The highest BCUT2D eigenvalue weighted by molar-refractivity contribution is 6.31. The largest absolute Gasteiger partial charge is 0.395 e. The normalized spacial score (nSPS) is 10.2. The quantitative estimate of drug-likeness (QED) is 0.787. The van der Waals surface area contributed by atoms with Crippen molar-refractivity contribution in [3.63, 3.8) is 0 Å². The predicted octanol–water partition coefficient (Wildman–Crippen LogP) is 2.29. The number of hydrogen-bond donors (Lipinski definition) is 3. The van der Waals surface area contributed by atoms with Crippen molar-refractivity contribution >= 4 is 34.7 Å². The van der Waals surface area contributed by atoms with Crippen LogP contribution in [0, 0.1) is 5.82 Å².